The van der Waals surface area contributed by atoms with Crippen LogP contribution >= 0.6 is 34.8 Å². The number of hydrogen-bond donors (Lipinski definition) is 1. The Morgan fingerprint density at radius 2 is 1.83 bits per heavy atom. The standard InChI is InChI=1S/C12H6Cl3N3/c13-8-4-10(15)11(5-9(8)14)18-12-7(6-16)2-1-3-17-12/h1-5H,(H,17,18). The quantitative estimate of drug-likeness (QED) is 0.820. The summed E-state index contributed by atoms with van der Waals surface area (Å²) in [5.41, 5.74) is 0.959. The number of nitrogens with one attached hydrogen (secondary N) is 1. The molecule has 0 unspecified atom stereocenters. The van der Waals surface area contributed by atoms with Gasteiger partial charge in [0.1, 0.15) is 11.9 Å². The lowest BCUT2D eigenvalue weighted by Crippen LogP contribution is -1.97. The second kappa shape index (κ2) is 5.45. The predicted molar refractivity (Wildman–Crippen MR) is 73.7 cm³/mol. The summed E-state index contributed by atoms with van der Waals surface area (Å²) in [7, 11) is 0. The van der Waals surface area contributed by atoms with E-state index in [4.69, 9.17) is 40.1 Å². The number of hydrogen-bond acceptors (Lipinski definition) is 3. The second-order valence-corrected chi connectivity index (χ2v) is 4.60. The Kier molecular flexibility index (Phi) is 3.93. The lowest BCUT2D eigenvalue weighted by molar-refractivity contribution is 1.28. The number of rotatable bonds is 2. The van der Waals surface area contributed by atoms with Crippen LogP contribution in [0.3, 0.4) is 0 Å². The number of aromatic nitrogens is 1. The molecule has 0 radical (unpaired) electrons. The van der Waals surface area contributed by atoms with Gasteiger partial charge in [0.2, 0.25) is 0 Å². The van der Waals surface area contributed by atoms with Crippen molar-refractivity contribution in [1.82, 2.24) is 4.98 Å². The number of nitrogens with zero attached hydrogens (tertiary/aromatic N) is 2. The van der Waals surface area contributed by atoms with Crippen molar-refractivity contribution >= 4 is 46.3 Å². The summed E-state index contributed by atoms with van der Waals surface area (Å²) >= 11 is 17.8. The topological polar surface area (TPSA) is 48.7 Å². The van der Waals surface area contributed by atoms with Gasteiger partial charge >= 0.3 is 0 Å². The lowest BCUT2D eigenvalue weighted by Gasteiger charge is -2.09. The summed E-state index contributed by atoms with van der Waals surface area (Å²) in [6.07, 6.45) is 1.58. The molecular formula is C12H6Cl3N3. The maximum absolute atomic E-state index is 8.95. The molecule has 2 aromatic rings. The van der Waals surface area contributed by atoms with Crippen LogP contribution in [0.4, 0.5) is 11.5 Å². The molecule has 0 spiro atoms. The molecule has 0 saturated carbocycles. The molecule has 0 bridgehead atoms. The van der Waals surface area contributed by atoms with Crippen LogP contribution in [0.2, 0.25) is 15.1 Å². The van der Waals surface area contributed by atoms with Crippen LogP contribution < -0.4 is 5.32 Å². The minimum Gasteiger partial charge on any atom is -0.338 e. The normalized spacial score (nSPS) is 9.89. The summed E-state index contributed by atoms with van der Waals surface area (Å²) in [5.74, 6) is 0.417. The van der Waals surface area contributed by atoms with Crippen LogP contribution in [0, 0.1) is 11.3 Å². The Hall–Kier alpha value is -1.47. The predicted octanol–water partition coefficient (Wildman–Crippen LogP) is 4.66. The van der Waals surface area contributed by atoms with Gasteiger partial charge in [-0.1, -0.05) is 34.8 Å². The Morgan fingerprint density at radius 1 is 1.11 bits per heavy atom. The molecule has 0 aliphatic heterocycles. The molecule has 1 aromatic heterocycles. The molecule has 0 aliphatic carbocycles. The first-order chi connectivity index (χ1) is 8.61. The fourth-order valence-corrected chi connectivity index (χ4v) is 1.94. The zero-order valence-electron chi connectivity index (χ0n) is 8.92. The highest BCUT2D eigenvalue weighted by molar-refractivity contribution is 6.44. The maximum atomic E-state index is 8.95. The van der Waals surface area contributed by atoms with Gasteiger partial charge in [-0.05, 0) is 24.3 Å². The molecule has 0 atom stereocenters. The molecule has 0 saturated heterocycles. The summed E-state index contributed by atoms with van der Waals surface area (Å²) in [5, 5.41) is 13.0. The van der Waals surface area contributed by atoms with E-state index >= 15 is 0 Å². The first kappa shape index (κ1) is 13.0. The van der Waals surface area contributed by atoms with E-state index in [9.17, 15) is 0 Å². The first-order valence-electron chi connectivity index (χ1n) is 4.88. The van der Waals surface area contributed by atoms with Crippen LogP contribution in [0.25, 0.3) is 0 Å². The minimum atomic E-state index is 0.369. The van der Waals surface area contributed by atoms with Crippen LogP contribution in [-0.2, 0) is 0 Å². The van der Waals surface area contributed by atoms with Gasteiger partial charge in [-0.2, -0.15) is 5.26 Å². The Bertz CT molecular complexity index is 635. The highest BCUT2D eigenvalue weighted by Crippen LogP contribution is 2.33. The zero-order chi connectivity index (χ0) is 13.1. The molecule has 0 fully saturated rings. The second-order valence-electron chi connectivity index (χ2n) is 3.38. The Morgan fingerprint density at radius 3 is 2.56 bits per heavy atom. The van der Waals surface area contributed by atoms with Gasteiger partial charge in [-0.3, -0.25) is 0 Å². The molecule has 90 valence electrons. The molecule has 6 heteroatoms. The largest absolute Gasteiger partial charge is 0.338 e. The third kappa shape index (κ3) is 2.68. The summed E-state index contributed by atoms with van der Waals surface area (Å²) in [4.78, 5) is 4.07. The lowest BCUT2D eigenvalue weighted by atomic mass is 10.2. The van der Waals surface area contributed by atoms with Gasteiger partial charge in [0.05, 0.1) is 26.3 Å². The van der Waals surface area contributed by atoms with Gasteiger partial charge in [0.15, 0.2) is 0 Å². The van der Waals surface area contributed by atoms with E-state index in [1.54, 1.807) is 24.4 Å². The van der Waals surface area contributed by atoms with Crippen molar-refractivity contribution in [3.05, 3.63) is 51.1 Å². The fourth-order valence-electron chi connectivity index (χ4n) is 1.34. The Balaban J connectivity index is 2.41. The highest BCUT2D eigenvalue weighted by atomic mass is 35.5. The summed E-state index contributed by atoms with van der Waals surface area (Å²) < 4.78 is 0. The molecule has 0 aliphatic rings. The van der Waals surface area contributed by atoms with Crippen molar-refractivity contribution in [2.24, 2.45) is 0 Å². The number of halogens is 3. The SMILES string of the molecule is N#Cc1cccnc1Nc1cc(Cl)c(Cl)cc1Cl. The smallest absolute Gasteiger partial charge is 0.148 e. The molecule has 1 N–H and O–H groups in total. The van der Waals surface area contributed by atoms with E-state index < -0.39 is 0 Å². The monoisotopic (exact) mass is 297 g/mol. The van der Waals surface area contributed by atoms with E-state index in [2.05, 4.69) is 10.3 Å². The van der Waals surface area contributed by atoms with E-state index in [0.717, 1.165) is 0 Å². The zero-order valence-corrected chi connectivity index (χ0v) is 11.2. The average molecular weight is 299 g/mol. The number of anilines is 2. The molecular weight excluding hydrogens is 293 g/mol. The first-order valence-corrected chi connectivity index (χ1v) is 6.02. The van der Waals surface area contributed by atoms with E-state index in [-0.39, 0.29) is 0 Å². The molecule has 1 heterocycles. The Labute approximate surface area is 119 Å². The number of benzene rings is 1. The van der Waals surface area contributed by atoms with E-state index in [1.807, 2.05) is 6.07 Å². The van der Waals surface area contributed by atoms with Crippen molar-refractivity contribution < 1.29 is 0 Å². The van der Waals surface area contributed by atoms with Gasteiger partial charge in [0, 0.05) is 6.20 Å². The van der Waals surface area contributed by atoms with Crippen LogP contribution in [0.5, 0.6) is 0 Å². The van der Waals surface area contributed by atoms with Crippen molar-refractivity contribution in [2.45, 2.75) is 0 Å². The summed E-state index contributed by atoms with van der Waals surface area (Å²) in [6.45, 7) is 0. The van der Waals surface area contributed by atoms with Crippen molar-refractivity contribution in [3.63, 3.8) is 0 Å². The average Bonchev–Trinajstić information content (AvgIpc) is 2.36. The molecule has 3 nitrogen and oxygen atoms in total. The van der Waals surface area contributed by atoms with Gasteiger partial charge in [0.25, 0.3) is 0 Å². The molecule has 18 heavy (non-hydrogen) atoms. The summed E-state index contributed by atoms with van der Waals surface area (Å²) in [6, 6.07) is 8.48. The van der Waals surface area contributed by atoms with Crippen LogP contribution in [0.15, 0.2) is 30.5 Å². The number of pyridine rings is 1. The fraction of sp³-hybridized carbons (Fsp3) is 0. The third-order valence-corrected chi connectivity index (χ3v) is 3.23. The molecule has 1 aromatic carbocycles. The minimum absolute atomic E-state index is 0.369. The van der Waals surface area contributed by atoms with Crippen molar-refractivity contribution in [1.29, 1.82) is 5.26 Å². The molecule has 2 rings (SSSR count). The van der Waals surface area contributed by atoms with Crippen LogP contribution in [-0.4, -0.2) is 4.98 Å². The number of nitriles is 1. The van der Waals surface area contributed by atoms with E-state index in [1.165, 1.54) is 6.07 Å². The van der Waals surface area contributed by atoms with Crippen molar-refractivity contribution in [2.75, 3.05) is 5.32 Å². The van der Waals surface area contributed by atoms with Gasteiger partial charge in [-0.25, -0.2) is 4.98 Å². The van der Waals surface area contributed by atoms with Crippen LogP contribution in [0.1, 0.15) is 5.56 Å². The maximum Gasteiger partial charge on any atom is 0.148 e. The highest BCUT2D eigenvalue weighted by Gasteiger charge is 2.09. The van der Waals surface area contributed by atoms with E-state index in [0.29, 0.717) is 32.1 Å². The van der Waals surface area contributed by atoms with Gasteiger partial charge in [-0.15, -0.1) is 0 Å². The van der Waals surface area contributed by atoms with Gasteiger partial charge < -0.3 is 5.32 Å². The third-order valence-electron chi connectivity index (χ3n) is 2.19. The van der Waals surface area contributed by atoms with Crippen molar-refractivity contribution in [3.8, 4) is 6.07 Å². The molecule has 0 amide bonds.